The fourth-order valence-electron chi connectivity index (χ4n) is 2.59. The molecule has 106 valence electrons. The number of amides is 1. The molecule has 3 heteroatoms. The standard InChI is InChI=1S/C15H30N2O/c1-5-12-8-7-9-13(10-12)16-11-14(18)17-15(3,4)6-2/h12-13,16H,5-11H2,1-4H3,(H,17,18). The van der Waals surface area contributed by atoms with Crippen LogP contribution in [-0.2, 0) is 4.79 Å². The molecule has 1 fully saturated rings. The van der Waals surface area contributed by atoms with Gasteiger partial charge in [-0.1, -0.05) is 33.1 Å². The van der Waals surface area contributed by atoms with E-state index < -0.39 is 0 Å². The summed E-state index contributed by atoms with van der Waals surface area (Å²) in [5.41, 5.74) is -0.0860. The minimum atomic E-state index is -0.0860. The van der Waals surface area contributed by atoms with Crippen molar-refractivity contribution in [2.75, 3.05) is 6.54 Å². The second kappa shape index (κ2) is 7.13. The van der Waals surface area contributed by atoms with E-state index in [9.17, 15) is 4.79 Å². The van der Waals surface area contributed by atoms with Crippen molar-refractivity contribution in [2.45, 2.75) is 77.8 Å². The smallest absolute Gasteiger partial charge is 0.234 e. The van der Waals surface area contributed by atoms with Crippen molar-refractivity contribution in [3.8, 4) is 0 Å². The van der Waals surface area contributed by atoms with Crippen molar-refractivity contribution in [3.63, 3.8) is 0 Å². The highest BCUT2D eigenvalue weighted by molar-refractivity contribution is 5.78. The van der Waals surface area contributed by atoms with E-state index in [2.05, 4.69) is 38.3 Å². The van der Waals surface area contributed by atoms with Crippen molar-refractivity contribution in [1.82, 2.24) is 10.6 Å². The molecule has 0 heterocycles. The molecule has 0 aromatic rings. The van der Waals surface area contributed by atoms with Crippen LogP contribution in [0.1, 0.15) is 66.2 Å². The van der Waals surface area contributed by atoms with Gasteiger partial charge in [0.15, 0.2) is 0 Å². The van der Waals surface area contributed by atoms with E-state index >= 15 is 0 Å². The van der Waals surface area contributed by atoms with Crippen LogP contribution in [0.25, 0.3) is 0 Å². The van der Waals surface area contributed by atoms with Gasteiger partial charge in [-0.05, 0) is 39.0 Å². The Bertz CT molecular complexity index is 263. The van der Waals surface area contributed by atoms with Crippen LogP contribution in [0.3, 0.4) is 0 Å². The molecule has 0 saturated heterocycles. The Kier molecular flexibility index (Phi) is 6.13. The Balaban J connectivity index is 2.26. The third kappa shape index (κ3) is 5.38. The molecule has 0 aromatic carbocycles. The summed E-state index contributed by atoms with van der Waals surface area (Å²) in [6.07, 6.45) is 7.36. The summed E-state index contributed by atoms with van der Waals surface area (Å²) >= 11 is 0. The van der Waals surface area contributed by atoms with Gasteiger partial charge in [-0.2, -0.15) is 0 Å². The first-order chi connectivity index (χ1) is 8.46. The Hall–Kier alpha value is -0.570. The maximum absolute atomic E-state index is 11.8. The summed E-state index contributed by atoms with van der Waals surface area (Å²) < 4.78 is 0. The average molecular weight is 254 g/mol. The quantitative estimate of drug-likeness (QED) is 0.765. The summed E-state index contributed by atoms with van der Waals surface area (Å²) in [6, 6.07) is 0.541. The second-order valence-corrected chi connectivity index (χ2v) is 6.30. The van der Waals surface area contributed by atoms with Gasteiger partial charge in [-0.15, -0.1) is 0 Å². The van der Waals surface area contributed by atoms with Gasteiger partial charge in [0.2, 0.25) is 5.91 Å². The number of carbonyl (C=O) groups excluding carboxylic acids is 1. The van der Waals surface area contributed by atoms with E-state index in [1.54, 1.807) is 0 Å². The van der Waals surface area contributed by atoms with E-state index in [1.165, 1.54) is 32.1 Å². The predicted octanol–water partition coefficient (Wildman–Crippen LogP) is 2.85. The highest BCUT2D eigenvalue weighted by Gasteiger charge is 2.22. The second-order valence-electron chi connectivity index (χ2n) is 6.30. The molecule has 0 bridgehead atoms. The molecular formula is C15H30N2O. The average Bonchev–Trinajstić information content (AvgIpc) is 2.36. The first-order valence-corrected chi connectivity index (χ1v) is 7.51. The Morgan fingerprint density at radius 3 is 2.61 bits per heavy atom. The first kappa shape index (κ1) is 15.5. The number of rotatable bonds is 6. The number of carbonyl (C=O) groups is 1. The maximum atomic E-state index is 11.8. The van der Waals surface area contributed by atoms with Crippen LogP contribution in [0.2, 0.25) is 0 Å². The number of nitrogens with one attached hydrogen (secondary N) is 2. The molecule has 1 aliphatic rings. The van der Waals surface area contributed by atoms with Gasteiger partial charge in [-0.25, -0.2) is 0 Å². The van der Waals surface area contributed by atoms with Crippen LogP contribution in [0.4, 0.5) is 0 Å². The van der Waals surface area contributed by atoms with Crippen molar-refractivity contribution in [1.29, 1.82) is 0 Å². The third-order valence-corrected chi connectivity index (χ3v) is 4.27. The molecule has 18 heavy (non-hydrogen) atoms. The zero-order valence-corrected chi connectivity index (χ0v) is 12.5. The lowest BCUT2D eigenvalue weighted by atomic mass is 9.84. The van der Waals surface area contributed by atoms with Crippen LogP contribution in [0, 0.1) is 5.92 Å². The summed E-state index contributed by atoms with van der Waals surface area (Å²) in [5.74, 6) is 0.979. The fraction of sp³-hybridized carbons (Fsp3) is 0.933. The SMILES string of the molecule is CCC1CCCC(NCC(=O)NC(C)(C)CC)C1. The maximum Gasteiger partial charge on any atom is 0.234 e. The molecule has 1 rings (SSSR count). The van der Waals surface area contributed by atoms with Gasteiger partial charge in [0, 0.05) is 11.6 Å². The van der Waals surface area contributed by atoms with Crippen molar-refractivity contribution in [3.05, 3.63) is 0 Å². The Labute approximate surface area is 112 Å². The van der Waals surface area contributed by atoms with E-state index in [0.717, 1.165) is 12.3 Å². The van der Waals surface area contributed by atoms with Crippen LogP contribution in [0.15, 0.2) is 0 Å². The third-order valence-electron chi connectivity index (χ3n) is 4.27. The van der Waals surface area contributed by atoms with Crippen LogP contribution in [0.5, 0.6) is 0 Å². The normalized spacial score (nSPS) is 24.9. The minimum absolute atomic E-state index is 0.0860. The van der Waals surface area contributed by atoms with Crippen LogP contribution in [-0.4, -0.2) is 24.0 Å². The minimum Gasteiger partial charge on any atom is -0.350 e. The van der Waals surface area contributed by atoms with Crippen molar-refractivity contribution >= 4 is 5.91 Å². The lowest BCUT2D eigenvalue weighted by Crippen LogP contribution is -2.48. The van der Waals surface area contributed by atoms with Crippen molar-refractivity contribution < 1.29 is 4.79 Å². The number of hydrogen-bond donors (Lipinski definition) is 2. The zero-order valence-electron chi connectivity index (χ0n) is 12.5. The predicted molar refractivity (Wildman–Crippen MR) is 76.6 cm³/mol. The molecule has 3 nitrogen and oxygen atoms in total. The molecule has 0 spiro atoms. The molecule has 0 radical (unpaired) electrons. The molecule has 1 amide bonds. The molecule has 2 atom stereocenters. The van der Waals surface area contributed by atoms with Gasteiger partial charge in [0.05, 0.1) is 6.54 Å². The molecular weight excluding hydrogens is 224 g/mol. The van der Waals surface area contributed by atoms with Crippen LogP contribution >= 0.6 is 0 Å². The van der Waals surface area contributed by atoms with Gasteiger partial charge in [0.25, 0.3) is 0 Å². The fourth-order valence-corrected chi connectivity index (χ4v) is 2.59. The highest BCUT2D eigenvalue weighted by atomic mass is 16.2. The number of hydrogen-bond acceptors (Lipinski definition) is 2. The lowest BCUT2D eigenvalue weighted by Gasteiger charge is -2.30. The summed E-state index contributed by atoms with van der Waals surface area (Å²) in [5, 5.41) is 6.49. The van der Waals surface area contributed by atoms with E-state index in [4.69, 9.17) is 0 Å². The first-order valence-electron chi connectivity index (χ1n) is 7.51. The summed E-state index contributed by atoms with van der Waals surface area (Å²) in [7, 11) is 0. The molecule has 2 N–H and O–H groups in total. The summed E-state index contributed by atoms with van der Waals surface area (Å²) in [4.78, 5) is 11.8. The highest BCUT2D eigenvalue weighted by Crippen LogP contribution is 2.26. The Morgan fingerprint density at radius 2 is 2.00 bits per heavy atom. The van der Waals surface area contributed by atoms with Gasteiger partial charge in [0.1, 0.15) is 0 Å². The van der Waals surface area contributed by atoms with Gasteiger partial charge in [-0.3, -0.25) is 4.79 Å². The molecule has 1 aliphatic carbocycles. The van der Waals surface area contributed by atoms with E-state index in [-0.39, 0.29) is 11.4 Å². The zero-order chi connectivity index (χ0) is 13.6. The van der Waals surface area contributed by atoms with Gasteiger partial charge < -0.3 is 10.6 Å². The molecule has 0 aromatic heterocycles. The topological polar surface area (TPSA) is 41.1 Å². The molecule has 1 saturated carbocycles. The van der Waals surface area contributed by atoms with Gasteiger partial charge >= 0.3 is 0 Å². The molecule has 2 unspecified atom stereocenters. The monoisotopic (exact) mass is 254 g/mol. The summed E-state index contributed by atoms with van der Waals surface area (Å²) in [6.45, 7) is 8.96. The molecule has 0 aliphatic heterocycles. The van der Waals surface area contributed by atoms with E-state index in [1.807, 2.05) is 0 Å². The largest absolute Gasteiger partial charge is 0.350 e. The van der Waals surface area contributed by atoms with E-state index in [0.29, 0.717) is 12.6 Å². The van der Waals surface area contributed by atoms with Crippen molar-refractivity contribution in [2.24, 2.45) is 5.92 Å². The lowest BCUT2D eigenvalue weighted by molar-refractivity contribution is -0.122. The Morgan fingerprint density at radius 1 is 1.28 bits per heavy atom. The van der Waals surface area contributed by atoms with Crippen LogP contribution < -0.4 is 10.6 Å².